The zero-order valence-corrected chi connectivity index (χ0v) is 10.3. The van der Waals surface area contributed by atoms with E-state index in [1.54, 1.807) is 11.3 Å². The number of hydrogen-bond acceptors (Lipinski definition) is 4. The topological polar surface area (TPSA) is 30.5 Å². The van der Waals surface area contributed by atoms with Crippen molar-refractivity contribution < 1.29 is 9.47 Å². The third-order valence-corrected chi connectivity index (χ3v) is 3.58. The third kappa shape index (κ3) is 4.22. The number of rotatable bonds is 6. The summed E-state index contributed by atoms with van der Waals surface area (Å²) >= 11 is 1.75. The average Bonchev–Trinajstić information content (AvgIpc) is 2.83. The van der Waals surface area contributed by atoms with Gasteiger partial charge < -0.3 is 14.8 Å². The van der Waals surface area contributed by atoms with Gasteiger partial charge in [-0.1, -0.05) is 6.07 Å². The molecule has 0 radical (unpaired) electrons. The molecule has 4 heteroatoms. The summed E-state index contributed by atoms with van der Waals surface area (Å²) in [6, 6.07) is 4.79. The minimum atomic E-state index is 0.624. The van der Waals surface area contributed by atoms with Gasteiger partial charge in [-0.2, -0.15) is 0 Å². The van der Waals surface area contributed by atoms with Crippen molar-refractivity contribution in [1.29, 1.82) is 0 Å². The van der Waals surface area contributed by atoms with Crippen molar-refractivity contribution in [1.82, 2.24) is 5.32 Å². The molecule has 16 heavy (non-hydrogen) atoms. The van der Waals surface area contributed by atoms with Gasteiger partial charge in [0.1, 0.15) is 0 Å². The molecule has 1 aliphatic heterocycles. The van der Waals surface area contributed by atoms with Crippen molar-refractivity contribution >= 4 is 11.3 Å². The highest BCUT2D eigenvalue weighted by Gasteiger charge is 2.11. The van der Waals surface area contributed by atoms with E-state index in [2.05, 4.69) is 22.8 Å². The van der Waals surface area contributed by atoms with Crippen molar-refractivity contribution in [2.75, 3.05) is 26.4 Å². The maximum absolute atomic E-state index is 5.59. The van der Waals surface area contributed by atoms with E-state index < -0.39 is 0 Å². The van der Waals surface area contributed by atoms with Crippen LogP contribution in [-0.2, 0) is 16.1 Å². The molecule has 1 saturated heterocycles. The summed E-state index contributed by atoms with van der Waals surface area (Å²) in [6.45, 7) is 4.26. The molecule has 90 valence electrons. The summed E-state index contributed by atoms with van der Waals surface area (Å²) in [6.07, 6.45) is 2.26. The molecule has 0 atom stereocenters. The molecular formula is C12H19NO2S. The molecule has 1 aromatic heterocycles. The molecule has 1 aromatic rings. The van der Waals surface area contributed by atoms with E-state index in [4.69, 9.17) is 9.47 Å². The van der Waals surface area contributed by atoms with Gasteiger partial charge in [-0.3, -0.25) is 0 Å². The Morgan fingerprint density at radius 3 is 3.06 bits per heavy atom. The molecule has 0 aliphatic carbocycles. The Labute approximate surface area is 101 Å². The lowest BCUT2D eigenvalue weighted by Gasteiger charge is -2.23. The highest BCUT2D eigenvalue weighted by Crippen LogP contribution is 2.09. The van der Waals surface area contributed by atoms with Gasteiger partial charge in [0.05, 0.1) is 13.2 Å². The van der Waals surface area contributed by atoms with E-state index in [0.717, 1.165) is 45.8 Å². The molecule has 1 aliphatic rings. The highest BCUT2D eigenvalue weighted by atomic mass is 32.1. The molecule has 1 N–H and O–H groups in total. The van der Waals surface area contributed by atoms with Crippen molar-refractivity contribution in [3.8, 4) is 0 Å². The number of nitrogens with one attached hydrogen (secondary N) is 1. The van der Waals surface area contributed by atoms with Gasteiger partial charge in [-0.05, 0) is 24.3 Å². The van der Waals surface area contributed by atoms with Crippen LogP contribution in [0.1, 0.15) is 17.7 Å². The quantitative estimate of drug-likeness (QED) is 0.773. The van der Waals surface area contributed by atoms with Crippen molar-refractivity contribution in [3.63, 3.8) is 0 Å². The molecule has 0 saturated carbocycles. The van der Waals surface area contributed by atoms with Gasteiger partial charge in [-0.15, -0.1) is 11.3 Å². The predicted molar refractivity (Wildman–Crippen MR) is 65.8 cm³/mol. The third-order valence-electron chi connectivity index (χ3n) is 2.73. The molecule has 0 amide bonds. The Morgan fingerprint density at radius 1 is 1.44 bits per heavy atom. The standard InChI is InChI=1S/C12H19NO2S/c1-2-12(16-9-1)10-15-8-5-13-11-3-6-14-7-4-11/h1-2,9,11,13H,3-8,10H2. The van der Waals surface area contributed by atoms with E-state index in [-0.39, 0.29) is 0 Å². The summed E-state index contributed by atoms with van der Waals surface area (Å²) in [4.78, 5) is 1.30. The number of ether oxygens (including phenoxy) is 2. The lowest BCUT2D eigenvalue weighted by molar-refractivity contribution is 0.0718. The Kier molecular flexibility index (Phi) is 5.28. The first-order valence-corrected chi connectivity index (χ1v) is 6.74. The second-order valence-electron chi connectivity index (χ2n) is 3.97. The Bertz CT molecular complexity index is 271. The zero-order valence-electron chi connectivity index (χ0n) is 9.48. The first kappa shape index (κ1) is 12.0. The van der Waals surface area contributed by atoms with Gasteiger partial charge in [0.15, 0.2) is 0 Å². The fraction of sp³-hybridized carbons (Fsp3) is 0.667. The largest absolute Gasteiger partial charge is 0.381 e. The van der Waals surface area contributed by atoms with Gasteiger partial charge in [0.25, 0.3) is 0 Å². The van der Waals surface area contributed by atoms with Gasteiger partial charge in [0, 0.05) is 30.7 Å². The van der Waals surface area contributed by atoms with E-state index in [0.29, 0.717) is 6.04 Å². The maximum Gasteiger partial charge on any atom is 0.0809 e. The molecule has 0 bridgehead atoms. The van der Waals surface area contributed by atoms with Crippen molar-refractivity contribution in [2.24, 2.45) is 0 Å². The van der Waals surface area contributed by atoms with Crippen LogP contribution in [0.4, 0.5) is 0 Å². The average molecular weight is 241 g/mol. The normalized spacial score (nSPS) is 17.8. The van der Waals surface area contributed by atoms with Gasteiger partial charge >= 0.3 is 0 Å². The maximum atomic E-state index is 5.59. The molecule has 1 fully saturated rings. The van der Waals surface area contributed by atoms with Crippen LogP contribution in [0, 0.1) is 0 Å². The minimum Gasteiger partial charge on any atom is -0.381 e. The summed E-state index contributed by atoms with van der Waals surface area (Å²) in [7, 11) is 0. The van der Waals surface area contributed by atoms with Crippen molar-refractivity contribution in [3.05, 3.63) is 22.4 Å². The summed E-state index contributed by atoms with van der Waals surface area (Å²) in [5.41, 5.74) is 0. The van der Waals surface area contributed by atoms with E-state index in [9.17, 15) is 0 Å². The van der Waals surface area contributed by atoms with Crippen LogP contribution < -0.4 is 5.32 Å². The van der Waals surface area contributed by atoms with E-state index in [1.807, 2.05) is 0 Å². The molecule has 0 spiro atoms. The highest BCUT2D eigenvalue weighted by molar-refractivity contribution is 7.09. The fourth-order valence-corrected chi connectivity index (χ4v) is 2.44. The number of thiophene rings is 1. The lowest BCUT2D eigenvalue weighted by Crippen LogP contribution is -2.36. The van der Waals surface area contributed by atoms with Crippen LogP contribution in [-0.4, -0.2) is 32.4 Å². The van der Waals surface area contributed by atoms with E-state index >= 15 is 0 Å². The first-order valence-electron chi connectivity index (χ1n) is 5.86. The monoisotopic (exact) mass is 241 g/mol. The van der Waals surface area contributed by atoms with Crippen LogP contribution in [0.15, 0.2) is 17.5 Å². The van der Waals surface area contributed by atoms with Crippen LogP contribution in [0.2, 0.25) is 0 Å². The molecule has 2 heterocycles. The van der Waals surface area contributed by atoms with Crippen LogP contribution in [0.3, 0.4) is 0 Å². The van der Waals surface area contributed by atoms with Crippen molar-refractivity contribution in [2.45, 2.75) is 25.5 Å². The summed E-state index contributed by atoms with van der Waals surface area (Å²) in [5, 5.41) is 5.58. The molecule has 0 aromatic carbocycles. The Balaban J connectivity index is 1.48. The van der Waals surface area contributed by atoms with E-state index in [1.165, 1.54) is 4.88 Å². The SMILES string of the molecule is c1csc(COCCNC2CCOCC2)c1. The van der Waals surface area contributed by atoms with Crippen LogP contribution in [0.5, 0.6) is 0 Å². The van der Waals surface area contributed by atoms with Gasteiger partial charge in [-0.25, -0.2) is 0 Å². The summed E-state index contributed by atoms with van der Waals surface area (Å²) < 4.78 is 10.9. The Hall–Kier alpha value is -0.420. The lowest BCUT2D eigenvalue weighted by atomic mass is 10.1. The predicted octanol–water partition coefficient (Wildman–Crippen LogP) is 2.03. The second kappa shape index (κ2) is 7.01. The first-order chi connectivity index (χ1) is 7.95. The smallest absolute Gasteiger partial charge is 0.0809 e. The summed E-state index contributed by atoms with van der Waals surface area (Å²) in [5.74, 6) is 0. The number of hydrogen-bond donors (Lipinski definition) is 1. The van der Waals surface area contributed by atoms with Crippen LogP contribution in [0.25, 0.3) is 0 Å². The Morgan fingerprint density at radius 2 is 2.31 bits per heavy atom. The molecule has 2 rings (SSSR count). The van der Waals surface area contributed by atoms with Crippen LogP contribution >= 0.6 is 11.3 Å². The zero-order chi connectivity index (χ0) is 11.1. The minimum absolute atomic E-state index is 0.624. The fourth-order valence-electron chi connectivity index (χ4n) is 1.80. The molecule has 0 unspecified atom stereocenters. The molecular weight excluding hydrogens is 222 g/mol. The molecule has 3 nitrogen and oxygen atoms in total. The second-order valence-corrected chi connectivity index (χ2v) is 5.00. The van der Waals surface area contributed by atoms with Gasteiger partial charge in [0.2, 0.25) is 0 Å².